The largest absolute Gasteiger partial charge is 0.497 e. The molecule has 3 atom stereocenters. The van der Waals surface area contributed by atoms with Gasteiger partial charge >= 0.3 is 5.97 Å². The molecule has 6 nitrogen and oxygen atoms in total. The smallest absolute Gasteiger partial charge is 0.303 e. The third-order valence-corrected chi connectivity index (χ3v) is 5.55. The van der Waals surface area contributed by atoms with Crippen molar-refractivity contribution in [3.05, 3.63) is 23.8 Å². The Morgan fingerprint density at radius 1 is 1.23 bits per heavy atom. The maximum Gasteiger partial charge on any atom is 0.303 e. The van der Waals surface area contributed by atoms with Crippen LogP contribution in [0.4, 0.5) is 0 Å². The van der Waals surface area contributed by atoms with Crippen LogP contribution >= 0.6 is 0 Å². The van der Waals surface area contributed by atoms with Crippen LogP contribution in [0.3, 0.4) is 0 Å². The van der Waals surface area contributed by atoms with E-state index >= 15 is 0 Å². The Hall–Kier alpha value is -2.24. The van der Waals surface area contributed by atoms with Gasteiger partial charge in [-0.1, -0.05) is 0 Å². The van der Waals surface area contributed by atoms with Crippen LogP contribution in [0, 0.1) is 5.92 Å². The van der Waals surface area contributed by atoms with Gasteiger partial charge in [-0.25, -0.2) is 0 Å². The van der Waals surface area contributed by atoms with Crippen LogP contribution in [0.5, 0.6) is 11.5 Å². The second-order valence-electron chi connectivity index (χ2n) is 7.17. The van der Waals surface area contributed by atoms with Crippen LogP contribution in [0.15, 0.2) is 18.2 Å². The Balaban J connectivity index is 1.70. The first kappa shape index (κ1) is 18.5. The number of carboxylic acids is 1. The van der Waals surface area contributed by atoms with E-state index in [-0.39, 0.29) is 30.2 Å². The Kier molecular flexibility index (Phi) is 5.69. The number of methoxy groups -OCH3 is 2. The number of nitrogens with zero attached hydrogens (tertiary/aromatic N) is 1. The summed E-state index contributed by atoms with van der Waals surface area (Å²) in [5.74, 6) is 1.02. The van der Waals surface area contributed by atoms with Gasteiger partial charge in [0.1, 0.15) is 11.5 Å². The quantitative estimate of drug-likeness (QED) is 0.808. The summed E-state index contributed by atoms with van der Waals surface area (Å²) in [6, 6.07) is 5.74. The Morgan fingerprint density at radius 2 is 2.04 bits per heavy atom. The SMILES string of the molecule is COc1ccc(OC)c(C2CC2C(=O)N2CCCCC2CCC(=O)O)c1. The topological polar surface area (TPSA) is 76.1 Å². The number of amides is 1. The number of aliphatic carboxylic acids is 1. The van der Waals surface area contributed by atoms with E-state index in [0.29, 0.717) is 6.42 Å². The molecule has 1 saturated carbocycles. The molecule has 1 heterocycles. The third-order valence-electron chi connectivity index (χ3n) is 5.55. The summed E-state index contributed by atoms with van der Waals surface area (Å²) in [6.07, 6.45) is 4.43. The lowest BCUT2D eigenvalue weighted by Gasteiger charge is -2.36. The summed E-state index contributed by atoms with van der Waals surface area (Å²) in [4.78, 5) is 25.9. The molecule has 0 spiro atoms. The van der Waals surface area contributed by atoms with Crippen molar-refractivity contribution in [2.75, 3.05) is 20.8 Å². The van der Waals surface area contributed by atoms with E-state index in [0.717, 1.165) is 49.3 Å². The summed E-state index contributed by atoms with van der Waals surface area (Å²) in [5, 5.41) is 8.96. The van der Waals surface area contributed by atoms with E-state index in [9.17, 15) is 9.59 Å². The fourth-order valence-electron chi connectivity index (χ4n) is 4.03. The minimum atomic E-state index is -0.798. The first-order valence-corrected chi connectivity index (χ1v) is 9.29. The van der Waals surface area contributed by atoms with E-state index < -0.39 is 5.97 Å². The van der Waals surface area contributed by atoms with Crippen LogP contribution in [0.25, 0.3) is 0 Å². The number of carboxylic acid groups (broad SMARTS) is 1. The van der Waals surface area contributed by atoms with Gasteiger partial charge in [0.2, 0.25) is 5.91 Å². The highest BCUT2D eigenvalue weighted by Gasteiger charge is 2.48. The van der Waals surface area contributed by atoms with Crippen LogP contribution < -0.4 is 9.47 Å². The van der Waals surface area contributed by atoms with Gasteiger partial charge in [-0.2, -0.15) is 0 Å². The predicted molar refractivity (Wildman–Crippen MR) is 96.6 cm³/mol. The van der Waals surface area contributed by atoms with E-state index in [4.69, 9.17) is 14.6 Å². The van der Waals surface area contributed by atoms with Crippen LogP contribution in [0.1, 0.15) is 50.0 Å². The Bertz CT molecular complexity index is 674. The Labute approximate surface area is 154 Å². The molecule has 0 radical (unpaired) electrons. The number of likely N-dealkylation sites (tertiary alicyclic amines) is 1. The Morgan fingerprint density at radius 3 is 2.73 bits per heavy atom. The number of ether oxygens (including phenoxy) is 2. The molecule has 1 saturated heterocycles. The van der Waals surface area contributed by atoms with E-state index in [2.05, 4.69) is 0 Å². The standard InChI is InChI=1S/C20H27NO5/c1-25-14-7-8-18(26-2)16(11-14)15-12-17(15)20(24)21-10-4-3-5-13(21)6-9-19(22)23/h7-8,11,13,15,17H,3-6,9-10,12H2,1-2H3,(H,22,23). The molecule has 1 aromatic carbocycles. The molecule has 0 aromatic heterocycles. The highest BCUT2D eigenvalue weighted by molar-refractivity contribution is 5.84. The lowest BCUT2D eigenvalue weighted by molar-refractivity contribution is -0.140. The molecule has 2 fully saturated rings. The van der Waals surface area contributed by atoms with Crippen molar-refractivity contribution < 1.29 is 24.2 Å². The number of hydrogen-bond acceptors (Lipinski definition) is 4. The van der Waals surface area contributed by atoms with E-state index in [1.54, 1.807) is 14.2 Å². The summed E-state index contributed by atoms with van der Waals surface area (Å²) in [5.41, 5.74) is 1.02. The molecule has 1 aliphatic carbocycles. The molecule has 2 aliphatic rings. The molecule has 26 heavy (non-hydrogen) atoms. The van der Waals surface area contributed by atoms with Gasteiger partial charge < -0.3 is 19.5 Å². The predicted octanol–water partition coefficient (Wildman–Crippen LogP) is 3.05. The van der Waals surface area contributed by atoms with Gasteiger partial charge in [0.15, 0.2) is 0 Å². The van der Waals surface area contributed by atoms with Crippen molar-refractivity contribution >= 4 is 11.9 Å². The number of carbonyl (C=O) groups excluding carboxylic acids is 1. The van der Waals surface area contributed by atoms with Gasteiger partial charge in [-0.05, 0) is 50.3 Å². The number of rotatable bonds is 7. The monoisotopic (exact) mass is 361 g/mol. The minimum Gasteiger partial charge on any atom is -0.497 e. The molecule has 3 unspecified atom stereocenters. The van der Waals surface area contributed by atoms with Gasteiger partial charge in [0.25, 0.3) is 0 Å². The lowest BCUT2D eigenvalue weighted by Crippen LogP contribution is -2.44. The van der Waals surface area contributed by atoms with Crippen LogP contribution in [-0.4, -0.2) is 48.7 Å². The average molecular weight is 361 g/mol. The third kappa shape index (κ3) is 3.94. The molecule has 142 valence electrons. The second-order valence-corrected chi connectivity index (χ2v) is 7.17. The molecule has 1 aliphatic heterocycles. The molecule has 1 aromatic rings. The minimum absolute atomic E-state index is 0.0403. The summed E-state index contributed by atoms with van der Waals surface area (Å²) in [7, 11) is 3.26. The second kappa shape index (κ2) is 7.98. The average Bonchev–Trinajstić information content (AvgIpc) is 3.46. The summed E-state index contributed by atoms with van der Waals surface area (Å²) in [6.45, 7) is 0.738. The van der Waals surface area contributed by atoms with Gasteiger partial charge in [0.05, 0.1) is 14.2 Å². The zero-order chi connectivity index (χ0) is 18.7. The van der Waals surface area contributed by atoms with Crippen LogP contribution in [0.2, 0.25) is 0 Å². The van der Waals surface area contributed by atoms with Crippen molar-refractivity contribution in [2.45, 2.75) is 50.5 Å². The fraction of sp³-hybridized carbons (Fsp3) is 0.600. The van der Waals surface area contributed by atoms with Crippen LogP contribution in [-0.2, 0) is 9.59 Å². The van der Waals surface area contributed by atoms with Crippen molar-refractivity contribution in [2.24, 2.45) is 5.92 Å². The molecule has 0 bridgehead atoms. The van der Waals surface area contributed by atoms with Crippen molar-refractivity contribution in [3.63, 3.8) is 0 Å². The van der Waals surface area contributed by atoms with Gasteiger partial charge in [-0.3, -0.25) is 9.59 Å². The number of hydrogen-bond donors (Lipinski definition) is 1. The maximum atomic E-state index is 13.1. The number of benzene rings is 1. The van der Waals surface area contributed by atoms with E-state index in [1.807, 2.05) is 23.1 Å². The highest BCUT2D eigenvalue weighted by atomic mass is 16.5. The molecule has 1 amide bonds. The first-order valence-electron chi connectivity index (χ1n) is 9.29. The first-order chi connectivity index (χ1) is 12.5. The molecule has 1 N–H and O–H groups in total. The highest BCUT2D eigenvalue weighted by Crippen LogP contribution is 2.52. The summed E-state index contributed by atoms with van der Waals surface area (Å²) >= 11 is 0. The zero-order valence-corrected chi connectivity index (χ0v) is 15.4. The molecular weight excluding hydrogens is 334 g/mol. The summed E-state index contributed by atoms with van der Waals surface area (Å²) < 4.78 is 10.8. The molecule has 3 rings (SSSR count). The zero-order valence-electron chi connectivity index (χ0n) is 15.4. The van der Waals surface area contributed by atoms with Gasteiger partial charge in [0, 0.05) is 36.4 Å². The molecular formula is C20H27NO5. The van der Waals surface area contributed by atoms with Crippen molar-refractivity contribution in [1.29, 1.82) is 0 Å². The van der Waals surface area contributed by atoms with E-state index in [1.165, 1.54) is 0 Å². The van der Waals surface area contributed by atoms with Gasteiger partial charge in [-0.15, -0.1) is 0 Å². The maximum absolute atomic E-state index is 13.1. The molecule has 6 heteroatoms. The number of carbonyl (C=O) groups is 2. The van der Waals surface area contributed by atoms with Crippen molar-refractivity contribution in [3.8, 4) is 11.5 Å². The number of piperidine rings is 1. The lowest BCUT2D eigenvalue weighted by atomic mass is 9.97. The van der Waals surface area contributed by atoms with Crippen molar-refractivity contribution in [1.82, 2.24) is 4.90 Å². The fourth-order valence-corrected chi connectivity index (χ4v) is 4.03. The normalized spacial score (nSPS) is 24.8.